The molecule has 0 aromatic carbocycles. The highest BCUT2D eigenvalue weighted by Crippen LogP contribution is 2.21. The summed E-state index contributed by atoms with van der Waals surface area (Å²) in [7, 11) is 0. The molecule has 3 rings (SSSR count). The first-order chi connectivity index (χ1) is 12.1. The monoisotopic (exact) mass is 359 g/mol. The molecule has 0 unspecified atom stereocenters. The summed E-state index contributed by atoms with van der Waals surface area (Å²) in [5.41, 5.74) is 2.08. The van der Waals surface area contributed by atoms with Crippen molar-refractivity contribution in [1.82, 2.24) is 24.8 Å². The molecule has 0 radical (unpaired) electrons. The van der Waals surface area contributed by atoms with Crippen LogP contribution in [0.4, 0.5) is 0 Å². The van der Waals surface area contributed by atoms with Crippen molar-refractivity contribution in [3.8, 4) is 0 Å². The Kier molecular flexibility index (Phi) is 6.09. The fraction of sp³-hybridized carbons (Fsp3) is 0.556. The van der Waals surface area contributed by atoms with Crippen molar-refractivity contribution in [1.29, 1.82) is 0 Å². The summed E-state index contributed by atoms with van der Waals surface area (Å²) in [6.07, 6.45) is 8.24. The van der Waals surface area contributed by atoms with E-state index in [1.807, 2.05) is 11.8 Å². The van der Waals surface area contributed by atoms with Gasteiger partial charge in [0, 0.05) is 55.1 Å². The van der Waals surface area contributed by atoms with Gasteiger partial charge in [-0.3, -0.25) is 9.69 Å². The van der Waals surface area contributed by atoms with E-state index in [1.54, 1.807) is 30.7 Å². The molecule has 0 bridgehead atoms. The van der Waals surface area contributed by atoms with Crippen molar-refractivity contribution in [3.05, 3.63) is 40.4 Å². The Hall–Kier alpha value is -1.86. The fourth-order valence-corrected chi connectivity index (χ4v) is 4.19. The summed E-state index contributed by atoms with van der Waals surface area (Å²) in [6.45, 7) is 7.26. The van der Waals surface area contributed by atoms with E-state index in [2.05, 4.69) is 25.2 Å². The van der Waals surface area contributed by atoms with Crippen LogP contribution in [0.5, 0.6) is 0 Å². The van der Waals surface area contributed by atoms with Gasteiger partial charge in [-0.2, -0.15) is 0 Å². The second-order valence-electron chi connectivity index (χ2n) is 6.64. The zero-order chi connectivity index (χ0) is 17.6. The van der Waals surface area contributed by atoms with Crippen molar-refractivity contribution in [2.45, 2.75) is 52.2 Å². The molecule has 0 aliphatic carbocycles. The van der Waals surface area contributed by atoms with Gasteiger partial charge in [0.2, 0.25) is 5.91 Å². The smallest absolute Gasteiger partial charge is 0.219 e. The van der Waals surface area contributed by atoms with Crippen LogP contribution >= 0.6 is 11.3 Å². The lowest BCUT2D eigenvalue weighted by molar-refractivity contribution is -0.132. The standard InChI is InChI=1S/C18H25N5OS/c1-14-12-25-18(21-14)11-22-6-3-4-17(5-7-22)23(15(2)24)10-16-8-19-13-20-9-16/h8-9,12-13,17H,3-7,10-11H2,1-2H3/t17-/m0/s1. The van der Waals surface area contributed by atoms with Crippen molar-refractivity contribution < 1.29 is 4.79 Å². The number of amides is 1. The molecule has 2 aromatic rings. The molecule has 3 heterocycles. The van der Waals surface area contributed by atoms with Crippen molar-refractivity contribution in [2.24, 2.45) is 0 Å². The maximum absolute atomic E-state index is 12.2. The van der Waals surface area contributed by atoms with Crippen LogP contribution in [0.25, 0.3) is 0 Å². The van der Waals surface area contributed by atoms with Crippen LogP contribution in [0.2, 0.25) is 0 Å². The highest BCUT2D eigenvalue weighted by molar-refractivity contribution is 7.09. The molecule has 1 fully saturated rings. The highest BCUT2D eigenvalue weighted by Gasteiger charge is 2.25. The number of carbonyl (C=O) groups excluding carboxylic acids is 1. The summed E-state index contributed by atoms with van der Waals surface area (Å²) in [5.74, 6) is 0.123. The summed E-state index contributed by atoms with van der Waals surface area (Å²) in [4.78, 5) is 29.3. The Labute approximate surface area is 152 Å². The zero-order valence-electron chi connectivity index (χ0n) is 14.9. The molecule has 0 N–H and O–H groups in total. The van der Waals surface area contributed by atoms with E-state index in [4.69, 9.17) is 0 Å². The van der Waals surface area contributed by atoms with Gasteiger partial charge in [0.05, 0.1) is 6.54 Å². The molecular formula is C18H25N5OS. The molecule has 0 saturated carbocycles. The average molecular weight is 359 g/mol. The maximum atomic E-state index is 12.2. The van der Waals surface area contributed by atoms with Gasteiger partial charge in [0.15, 0.2) is 0 Å². The molecule has 1 atom stereocenters. The van der Waals surface area contributed by atoms with E-state index in [0.29, 0.717) is 6.54 Å². The summed E-state index contributed by atoms with van der Waals surface area (Å²) >= 11 is 1.73. The number of rotatable bonds is 5. The normalized spacial score (nSPS) is 18.7. The molecule has 134 valence electrons. The summed E-state index contributed by atoms with van der Waals surface area (Å²) in [6, 6.07) is 0.278. The van der Waals surface area contributed by atoms with Gasteiger partial charge in [-0.15, -0.1) is 11.3 Å². The number of likely N-dealkylation sites (tertiary alicyclic amines) is 1. The number of nitrogens with zero attached hydrogens (tertiary/aromatic N) is 5. The number of hydrogen-bond donors (Lipinski definition) is 0. The van der Waals surface area contributed by atoms with Crippen LogP contribution in [0.1, 0.15) is 42.5 Å². The van der Waals surface area contributed by atoms with E-state index < -0.39 is 0 Å². The van der Waals surface area contributed by atoms with E-state index >= 15 is 0 Å². The van der Waals surface area contributed by atoms with E-state index in [0.717, 1.165) is 50.2 Å². The van der Waals surface area contributed by atoms with Gasteiger partial charge >= 0.3 is 0 Å². The third-order valence-corrected chi connectivity index (χ3v) is 5.58. The Balaban J connectivity index is 1.60. The number of aromatic nitrogens is 3. The van der Waals surface area contributed by atoms with E-state index in [9.17, 15) is 4.79 Å². The first kappa shape index (κ1) is 17.9. The van der Waals surface area contributed by atoms with Gasteiger partial charge in [-0.25, -0.2) is 15.0 Å². The summed E-state index contributed by atoms with van der Waals surface area (Å²) in [5, 5.41) is 3.29. The lowest BCUT2D eigenvalue weighted by atomic mass is 10.1. The largest absolute Gasteiger partial charge is 0.335 e. The minimum atomic E-state index is 0.123. The van der Waals surface area contributed by atoms with Gasteiger partial charge in [0.1, 0.15) is 11.3 Å². The molecule has 25 heavy (non-hydrogen) atoms. The molecule has 1 aliphatic rings. The maximum Gasteiger partial charge on any atom is 0.219 e. The van der Waals surface area contributed by atoms with Crippen molar-refractivity contribution in [2.75, 3.05) is 13.1 Å². The SMILES string of the molecule is CC(=O)N(Cc1cncnc1)[C@H]1CCCN(Cc2nc(C)cs2)CC1. The van der Waals surface area contributed by atoms with Crippen LogP contribution in [0.3, 0.4) is 0 Å². The van der Waals surface area contributed by atoms with Crippen LogP contribution in [-0.4, -0.2) is 49.8 Å². The minimum absolute atomic E-state index is 0.123. The van der Waals surface area contributed by atoms with Crippen molar-refractivity contribution >= 4 is 17.2 Å². The third kappa shape index (κ3) is 5.06. The second-order valence-corrected chi connectivity index (χ2v) is 7.58. The first-order valence-electron chi connectivity index (χ1n) is 8.76. The van der Waals surface area contributed by atoms with Gasteiger partial charge in [-0.1, -0.05) is 0 Å². The van der Waals surface area contributed by atoms with Gasteiger partial charge in [0.25, 0.3) is 0 Å². The molecule has 1 aliphatic heterocycles. The molecular weight excluding hydrogens is 334 g/mol. The second kappa shape index (κ2) is 8.49. The lowest BCUT2D eigenvalue weighted by Gasteiger charge is -2.30. The molecule has 7 heteroatoms. The van der Waals surface area contributed by atoms with Crippen LogP contribution in [0, 0.1) is 6.92 Å². The molecule has 1 amide bonds. The molecule has 1 saturated heterocycles. The summed E-state index contributed by atoms with van der Waals surface area (Å²) < 4.78 is 0. The van der Waals surface area contributed by atoms with Crippen LogP contribution in [-0.2, 0) is 17.9 Å². The lowest BCUT2D eigenvalue weighted by Crippen LogP contribution is -2.39. The molecule has 6 nitrogen and oxygen atoms in total. The van der Waals surface area contributed by atoms with Crippen LogP contribution in [0.15, 0.2) is 24.1 Å². The van der Waals surface area contributed by atoms with Crippen molar-refractivity contribution in [3.63, 3.8) is 0 Å². The fourth-order valence-electron chi connectivity index (χ4n) is 3.38. The Morgan fingerprint density at radius 2 is 2.12 bits per heavy atom. The van der Waals surface area contributed by atoms with E-state index in [-0.39, 0.29) is 11.9 Å². The quantitative estimate of drug-likeness (QED) is 0.821. The highest BCUT2D eigenvalue weighted by atomic mass is 32.1. The zero-order valence-corrected chi connectivity index (χ0v) is 15.7. The van der Waals surface area contributed by atoms with Gasteiger partial charge < -0.3 is 4.90 Å². The topological polar surface area (TPSA) is 62.2 Å². The van der Waals surface area contributed by atoms with E-state index in [1.165, 1.54) is 11.3 Å². The first-order valence-corrected chi connectivity index (χ1v) is 9.64. The minimum Gasteiger partial charge on any atom is -0.335 e. The van der Waals surface area contributed by atoms with Crippen LogP contribution < -0.4 is 0 Å². The predicted octanol–water partition coefficient (Wildman–Crippen LogP) is 2.64. The number of thiazole rings is 1. The average Bonchev–Trinajstić information content (AvgIpc) is 2.87. The Morgan fingerprint density at radius 1 is 1.32 bits per heavy atom. The number of hydrogen-bond acceptors (Lipinski definition) is 6. The molecule has 0 spiro atoms. The number of carbonyl (C=O) groups is 1. The Bertz CT molecular complexity index is 690. The van der Waals surface area contributed by atoms with Gasteiger partial charge in [-0.05, 0) is 32.7 Å². The molecule has 2 aromatic heterocycles. The predicted molar refractivity (Wildman–Crippen MR) is 98.0 cm³/mol. The Morgan fingerprint density at radius 3 is 2.80 bits per heavy atom. The third-order valence-electron chi connectivity index (χ3n) is 4.63. The number of aryl methyl sites for hydroxylation is 1.